The molecule has 3 aromatic rings. The molecule has 0 spiro atoms. The van der Waals surface area contributed by atoms with Crippen molar-refractivity contribution in [1.29, 1.82) is 0 Å². The molecule has 0 radical (unpaired) electrons. The van der Waals surface area contributed by atoms with Crippen LogP contribution in [0.2, 0.25) is 10.2 Å². The summed E-state index contributed by atoms with van der Waals surface area (Å²) in [4.78, 5) is 4.17. The highest BCUT2D eigenvalue weighted by Crippen LogP contribution is 2.17. The maximum absolute atomic E-state index is 5.97. The number of hydrogen-bond acceptors (Lipinski definition) is 3. The summed E-state index contributed by atoms with van der Waals surface area (Å²) in [6.07, 6.45) is 1.69. The lowest BCUT2D eigenvalue weighted by atomic mass is 10.2. The zero-order valence-corrected chi connectivity index (χ0v) is 11.4. The van der Waals surface area contributed by atoms with Gasteiger partial charge in [0.15, 0.2) is 5.65 Å². The Morgan fingerprint density at radius 1 is 1.11 bits per heavy atom. The van der Waals surface area contributed by atoms with Crippen LogP contribution in [0.25, 0.3) is 5.65 Å². The number of hydrogen-bond donors (Lipinski definition) is 1. The van der Waals surface area contributed by atoms with Gasteiger partial charge in [0.2, 0.25) is 0 Å². The zero-order chi connectivity index (χ0) is 13.2. The summed E-state index contributed by atoms with van der Waals surface area (Å²) in [5.41, 5.74) is 1.84. The molecule has 2 aromatic heterocycles. The molecule has 0 aliphatic rings. The molecule has 0 aliphatic carbocycles. The summed E-state index contributed by atoms with van der Waals surface area (Å²) in [5.74, 6) is 0.801. The fraction of sp³-hybridized carbons (Fsp3) is 0.0769. The van der Waals surface area contributed by atoms with Gasteiger partial charge in [0.05, 0.1) is 6.20 Å². The van der Waals surface area contributed by atoms with Gasteiger partial charge in [-0.1, -0.05) is 35.3 Å². The molecular formula is C13H10Cl2N4. The topological polar surface area (TPSA) is 42.2 Å². The lowest BCUT2D eigenvalue weighted by Crippen LogP contribution is -2.05. The zero-order valence-electron chi connectivity index (χ0n) is 9.85. The van der Waals surface area contributed by atoms with Gasteiger partial charge in [-0.25, -0.2) is 4.98 Å². The van der Waals surface area contributed by atoms with Crippen LogP contribution in [0.15, 0.2) is 42.6 Å². The first-order chi connectivity index (χ1) is 9.22. The van der Waals surface area contributed by atoms with Crippen molar-refractivity contribution in [2.75, 3.05) is 5.32 Å². The van der Waals surface area contributed by atoms with Gasteiger partial charge < -0.3 is 5.32 Å². The Labute approximate surface area is 120 Å². The highest BCUT2D eigenvalue weighted by molar-refractivity contribution is 6.30. The van der Waals surface area contributed by atoms with E-state index in [0.717, 1.165) is 16.4 Å². The minimum absolute atomic E-state index is 0.437. The van der Waals surface area contributed by atoms with E-state index in [1.807, 2.05) is 24.3 Å². The van der Waals surface area contributed by atoms with E-state index in [1.165, 1.54) is 0 Å². The lowest BCUT2D eigenvalue weighted by molar-refractivity contribution is 0.925. The first-order valence-electron chi connectivity index (χ1n) is 5.71. The SMILES string of the molecule is Clc1ccc(CNc2cc(Cl)nc3ccnn23)cc1. The maximum Gasteiger partial charge on any atom is 0.159 e. The molecule has 1 N–H and O–H groups in total. The van der Waals surface area contributed by atoms with E-state index in [9.17, 15) is 0 Å². The van der Waals surface area contributed by atoms with Gasteiger partial charge >= 0.3 is 0 Å². The minimum Gasteiger partial charge on any atom is -0.366 e. The van der Waals surface area contributed by atoms with Gasteiger partial charge in [-0.3, -0.25) is 0 Å². The second-order valence-electron chi connectivity index (χ2n) is 4.05. The molecule has 0 unspecified atom stereocenters. The number of nitrogens with one attached hydrogen (secondary N) is 1. The van der Waals surface area contributed by atoms with Gasteiger partial charge in [0.25, 0.3) is 0 Å². The molecule has 0 saturated carbocycles. The molecule has 19 heavy (non-hydrogen) atoms. The van der Waals surface area contributed by atoms with Gasteiger partial charge in [0, 0.05) is 23.7 Å². The highest BCUT2D eigenvalue weighted by atomic mass is 35.5. The molecule has 3 rings (SSSR count). The number of aromatic nitrogens is 3. The van der Waals surface area contributed by atoms with E-state index in [4.69, 9.17) is 23.2 Å². The van der Waals surface area contributed by atoms with Crippen LogP contribution in [0.4, 0.5) is 5.82 Å². The van der Waals surface area contributed by atoms with Crippen molar-refractivity contribution in [3.8, 4) is 0 Å². The molecule has 1 aromatic carbocycles. The molecule has 0 bridgehead atoms. The van der Waals surface area contributed by atoms with Crippen molar-refractivity contribution in [1.82, 2.24) is 14.6 Å². The van der Waals surface area contributed by atoms with Crippen LogP contribution in [0.1, 0.15) is 5.56 Å². The third-order valence-electron chi connectivity index (χ3n) is 2.72. The van der Waals surface area contributed by atoms with Gasteiger partial charge in [-0.05, 0) is 17.7 Å². The number of nitrogens with zero attached hydrogens (tertiary/aromatic N) is 3. The third-order valence-corrected chi connectivity index (χ3v) is 3.16. The fourth-order valence-electron chi connectivity index (χ4n) is 1.80. The Morgan fingerprint density at radius 3 is 2.68 bits per heavy atom. The third kappa shape index (κ3) is 2.64. The Hall–Kier alpha value is -1.78. The summed E-state index contributed by atoms with van der Waals surface area (Å²) in [5, 5.41) is 8.65. The predicted molar refractivity (Wildman–Crippen MR) is 76.8 cm³/mol. The second-order valence-corrected chi connectivity index (χ2v) is 4.87. The van der Waals surface area contributed by atoms with Crippen molar-refractivity contribution in [2.24, 2.45) is 0 Å². The summed E-state index contributed by atoms with van der Waals surface area (Å²) in [6, 6.07) is 11.2. The number of rotatable bonds is 3. The monoisotopic (exact) mass is 292 g/mol. The number of anilines is 1. The number of fused-ring (bicyclic) bond motifs is 1. The molecule has 0 saturated heterocycles. The Balaban J connectivity index is 1.85. The van der Waals surface area contributed by atoms with E-state index in [1.54, 1.807) is 22.8 Å². The normalized spacial score (nSPS) is 10.8. The largest absolute Gasteiger partial charge is 0.366 e. The van der Waals surface area contributed by atoms with Crippen molar-refractivity contribution in [3.63, 3.8) is 0 Å². The van der Waals surface area contributed by atoms with Crippen LogP contribution in [-0.2, 0) is 6.54 Å². The molecule has 4 nitrogen and oxygen atoms in total. The summed E-state index contributed by atoms with van der Waals surface area (Å²) in [6.45, 7) is 0.659. The van der Waals surface area contributed by atoms with Crippen molar-refractivity contribution in [2.45, 2.75) is 6.54 Å². The molecule has 0 amide bonds. The van der Waals surface area contributed by atoms with E-state index in [2.05, 4.69) is 15.4 Å². The fourth-order valence-corrected chi connectivity index (χ4v) is 2.12. The van der Waals surface area contributed by atoms with E-state index in [-0.39, 0.29) is 0 Å². The first kappa shape index (κ1) is 12.3. The molecule has 0 aliphatic heterocycles. The minimum atomic E-state index is 0.437. The van der Waals surface area contributed by atoms with Crippen LogP contribution in [0.5, 0.6) is 0 Å². The van der Waals surface area contributed by atoms with E-state index >= 15 is 0 Å². The Kier molecular flexibility index (Phi) is 3.27. The van der Waals surface area contributed by atoms with Crippen LogP contribution < -0.4 is 5.32 Å². The van der Waals surface area contributed by atoms with Crippen LogP contribution >= 0.6 is 23.2 Å². The Morgan fingerprint density at radius 2 is 1.89 bits per heavy atom. The second kappa shape index (κ2) is 5.07. The highest BCUT2D eigenvalue weighted by Gasteiger charge is 2.04. The average molecular weight is 293 g/mol. The number of halogens is 2. The smallest absolute Gasteiger partial charge is 0.159 e. The number of benzene rings is 1. The standard InChI is InChI=1S/C13H10Cl2N4/c14-10-3-1-9(2-4-10)8-16-13-7-11(15)18-12-5-6-17-19(12)13/h1-7,16H,8H2. The molecule has 0 fully saturated rings. The summed E-state index contributed by atoms with van der Waals surface area (Å²) in [7, 11) is 0. The molecule has 2 heterocycles. The predicted octanol–water partition coefficient (Wildman–Crippen LogP) is 3.65. The molecule has 0 atom stereocenters. The molecule has 96 valence electrons. The van der Waals surface area contributed by atoms with E-state index < -0.39 is 0 Å². The molecular weight excluding hydrogens is 283 g/mol. The first-order valence-corrected chi connectivity index (χ1v) is 6.46. The quantitative estimate of drug-likeness (QED) is 0.749. The lowest BCUT2D eigenvalue weighted by Gasteiger charge is -2.08. The summed E-state index contributed by atoms with van der Waals surface area (Å²) >= 11 is 11.8. The van der Waals surface area contributed by atoms with Crippen molar-refractivity contribution < 1.29 is 0 Å². The Bertz CT molecular complexity index is 706. The van der Waals surface area contributed by atoms with Gasteiger partial charge in [-0.15, -0.1) is 0 Å². The van der Waals surface area contributed by atoms with Gasteiger partial charge in [-0.2, -0.15) is 9.61 Å². The van der Waals surface area contributed by atoms with Gasteiger partial charge in [0.1, 0.15) is 11.0 Å². The summed E-state index contributed by atoms with van der Waals surface area (Å²) < 4.78 is 1.71. The van der Waals surface area contributed by atoms with Crippen molar-refractivity contribution >= 4 is 34.7 Å². The van der Waals surface area contributed by atoms with Crippen LogP contribution in [0, 0.1) is 0 Å². The molecule has 6 heteroatoms. The van der Waals surface area contributed by atoms with E-state index in [0.29, 0.717) is 17.3 Å². The van der Waals surface area contributed by atoms with Crippen molar-refractivity contribution in [3.05, 3.63) is 58.3 Å². The van der Waals surface area contributed by atoms with Crippen LogP contribution in [-0.4, -0.2) is 14.6 Å². The average Bonchev–Trinajstić information content (AvgIpc) is 2.85. The maximum atomic E-state index is 5.97. The van der Waals surface area contributed by atoms with Crippen LogP contribution in [0.3, 0.4) is 0 Å².